The minimum Gasteiger partial charge on any atom is -0.497 e. The summed E-state index contributed by atoms with van der Waals surface area (Å²) in [7, 11) is 3.16. The van der Waals surface area contributed by atoms with Crippen LogP contribution in [0.25, 0.3) is 0 Å². The molecule has 0 fully saturated rings. The molecule has 1 atom stereocenters. The number of carbonyl (C=O) groups is 1. The number of methoxy groups -OCH3 is 2. The van der Waals surface area contributed by atoms with E-state index in [1.165, 1.54) is 5.56 Å². The summed E-state index contributed by atoms with van der Waals surface area (Å²) in [5.74, 6) is 1.20. The molecule has 1 N–H and O–H groups in total. The zero-order valence-electron chi connectivity index (χ0n) is 16.9. The number of nitrogens with one attached hydrogen (secondary N) is 1. The van der Waals surface area contributed by atoms with Gasteiger partial charge in [-0.3, -0.25) is 0 Å². The van der Waals surface area contributed by atoms with Gasteiger partial charge in [-0.15, -0.1) is 0 Å². The average Bonchev–Trinajstić information content (AvgIpc) is 2.78. The maximum atomic E-state index is 13.4. The van der Waals surface area contributed by atoms with Gasteiger partial charge in [-0.25, -0.2) is 4.79 Å². The fraction of sp³-hybridized carbons (Fsp3) is 0.208. The molecule has 0 spiro atoms. The number of fused-ring (bicyclic) bond motifs is 1. The van der Waals surface area contributed by atoms with E-state index in [0.717, 1.165) is 17.5 Å². The highest BCUT2D eigenvalue weighted by atomic mass is 35.5. The molecule has 30 heavy (non-hydrogen) atoms. The van der Waals surface area contributed by atoms with Crippen LogP contribution in [0.15, 0.2) is 66.7 Å². The zero-order valence-corrected chi connectivity index (χ0v) is 17.6. The lowest BCUT2D eigenvalue weighted by molar-refractivity contribution is 0.194. The number of halogens is 1. The van der Waals surface area contributed by atoms with Crippen LogP contribution in [0.2, 0.25) is 5.02 Å². The maximum absolute atomic E-state index is 13.4. The number of ether oxygens (including phenoxy) is 2. The van der Waals surface area contributed by atoms with Crippen LogP contribution in [-0.4, -0.2) is 31.7 Å². The van der Waals surface area contributed by atoms with E-state index in [4.69, 9.17) is 21.1 Å². The van der Waals surface area contributed by atoms with E-state index in [0.29, 0.717) is 28.8 Å². The van der Waals surface area contributed by atoms with Crippen LogP contribution in [0, 0.1) is 0 Å². The van der Waals surface area contributed by atoms with Gasteiger partial charge in [-0.2, -0.15) is 0 Å². The minimum atomic E-state index is -0.278. The summed E-state index contributed by atoms with van der Waals surface area (Å²) in [4.78, 5) is 15.2. The molecule has 2 amide bonds. The molecule has 3 aromatic rings. The number of hydrogen-bond donors (Lipinski definition) is 1. The van der Waals surface area contributed by atoms with Crippen LogP contribution in [-0.2, 0) is 6.42 Å². The number of anilines is 1. The molecule has 5 nitrogen and oxygen atoms in total. The molecule has 6 heteroatoms. The number of urea groups is 1. The van der Waals surface area contributed by atoms with Crippen molar-refractivity contribution in [2.45, 2.75) is 12.5 Å². The Labute approximate surface area is 181 Å². The van der Waals surface area contributed by atoms with Gasteiger partial charge in [-0.1, -0.05) is 54.1 Å². The second-order valence-electron chi connectivity index (χ2n) is 7.06. The first kappa shape index (κ1) is 20.1. The van der Waals surface area contributed by atoms with Crippen LogP contribution < -0.4 is 14.8 Å². The predicted octanol–water partition coefficient (Wildman–Crippen LogP) is 5.54. The molecule has 154 valence electrons. The summed E-state index contributed by atoms with van der Waals surface area (Å²) >= 11 is 6.55. The van der Waals surface area contributed by atoms with Crippen molar-refractivity contribution in [1.29, 1.82) is 0 Å². The Morgan fingerprint density at radius 1 is 1.00 bits per heavy atom. The largest absolute Gasteiger partial charge is 0.497 e. The molecular formula is C24H23ClN2O3. The van der Waals surface area contributed by atoms with E-state index in [2.05, 4.69) is 17.4 Å². The van der Waals surface area contributed by atoms with Gasteiger partial charge in [0.05, 0.1) is 25.9 Å². The third-order valence-electron chi connectivity index (χ3n) is 5.39. The molecule has 0 aromatic heterocycles. The van der Waals surface area contributed by atoms with Crippen molar-refractivity contribution in [3.8, 4) is 11.5 Å². The predicted molar refractivity (Wildman–Crippen MR) is 119 cm³/mol. The van der Waals surface area contributed by atoms with Gasteiger partial charge in [0.2, 0.25) is 0 Å². The number of rotatable bonds is 4. The van der Waals surface area contributed by atoms with Crippen molar-refractivity contribution in [1.82, 2.24) is 4.90 Å². The lowest BCUT2D eigenvalue weighted by atomic mass is 9.88. The summed E-state index contributed by atoms with van der Waals surface area (Å²) in [6.45, 7) is 0.574. The molecule has 3 aromatic carbocycles. The van der Waals surface area contributed by atoms with Crippen LogP contribution in [0.4, 0.5) is 10.5 Å². The Kier molecular flexibility index (Phi) is 5.81. The molecule has 0 aliphatic carbocycles. The highest BCUT2D eigenvalue weighted by molar-refractivity contribution is 6.31. The quantitative estimate of drug-likeness (QED) is 0.600. The molecule has 1 aliphatic rings. The molecule has 0 saturated heterocycles. The van der Waals surface area contributed by atoms with Gasteiger partial charge < -0.3 is 19.7 Å². The van der Waals surface area contributed by atoms with E-state index in [9.17, 15) is 4.79 Å². The number of benzene rings is 3. The summed E-state index contributed by atoms with van der Waals surface area (Å²) in [6, 6.07) is 20.7. The molecule has 1 heterocycles. The highest BCUT2D eigenvalue weighted by Gasteiger charge is 2.33. The summed E-state index contributed by atoms with van der Waals surface area (Å²) in [5, 5.41) is 3.63. The van der Waals surface area contributed by atoms with E-state index >= 15 is 0 Å². The lowest BCUT2D eigenvalue weighted by Gasteiger charge is -2.38. The van der Waals surface area contributed by atoms with E-state index in [1.807, 2.05) is 41.3 Å². The summed E-state index contributed by atoms with van der Waals surface area (Å²) in [6.07, 6.45) is 0.778. The van der Waals surface area contributed by atoms with Crippen LogP contribution in [0.3, 0.4) is 0 Å². The zero-order chi connectivity index (χ0) is 21.1. The van der Waals surface area contributed by atoms with Gasteiger partial charge in [0.15, 0.2) is 0 Å². The highest BCUT2D eigenvalue weighted by Crippen LogP contribution is 2.39. The summed E-state index contributed by atoms with van der Waals surface area (Å²) in [5.41, 5.74) is 3.77. The smallest absolute Gasteiger partial charge is 0.322 e. The monoisotopic (exact) mass is 422 g/mol. The fourth-order valence-corrected chi connectivity index (χ4v) is 4.16. The van der Waals surface area contributed by atoms with Crippen LogP contribution in [0.1, 0.15) is 22.7 Å². The fourth-order valence-electron chi connectivity index (χ4n) is 3.92. The maximum Gasteiger partial charge on any atom is 0.322 e. The van der Waals surface area contributed by atoms with Gasteiger partial charge in [0.25, 0.3) is 0 Å². The number of amides is 2. The van der Waals surface area contributed by atoms with Crippen molar-refractivity contribution in [3.05, 3.63) is 88.4 Å². The van der Waals surface area contributed by atoms with E-state index < -0.39 is 0 Å². The molecule has 1 unspecified atom stereocenters. The first-order valence-corrected chi connectivity index (χ1v) is 10.1. The molecule has 0 saturated carbocycles. The number of hydrogen-bond acceptors (Lipinski definition) is 3. The third-order valence-corrected chi connectivity index (χ3v) is 5.74. The number of carbonyl (C=O) groups excluding carboxylic acids is 1. The first-order chi connectivity index (χ1) is 14.6. The molecule has 1 aliphatic heterocycles. The lowest BCUT2D eigenvalue weighted by Crippen LogP contribution is -2.43. The second-order valence-corrected chi connectivity index (χ2v) is 7.47. The second kappa shape index (κ2) is 8.67. The van der Waals surface area contributed by atoms with Gasteiger partial charge in [-0.05, 0) is 41.3 Å². The standard InChI is InChI=1S/C24H23ClN2O3/c1-29-17-11-12-22(30-2)21(15-17)26-24(28)27-14-13-16-7-3-4-8-18(16)23(27)19-9-5-6-10-20(19)25/h3-12,15,23H,13-14H2,1-2H3,(H,26,28). The third kappa shape index (κ3) is 3.81. The topological polar surface area (TPSA) is 50.8 Å². The molecule has 4 rings (SSSR count). The average molecular weight is 423 g/mol. The van der Waals surface area contributed by atoms with Crippen molar-refractivity contribution in [2.75, 3.05) is 26.1 Å². The van der Waals surface area contributed by atoms with Gasteiger partial charge in [0, 0.05) is 17.6 Å². The Morgan fingerprint density at radius 3 is 2.47 bits per heavy atom. The van der Waals surface area contributed by atoms with E-state index in [1.54, 1.807) is 32.4 Å². The molecular weight excluding hydrogens is 400 g/mol. The Hall–Kier alpha value is -3.18. The van der Waals surface area contributed by atoms with Gasteiger partial charge >= 0.3 is 6.03 Å². The van der Waals surface area contributed by atoms with Gasteiger partial charge in [0.1, 0.15) is 11.5 Å². The number of nitrogens with zero attached hydrogens (tertiary/aromatic N) is 1. The minimum absolute atomic E-state index is 0.221. The van der Waals surface area contributed by atoms with Crippen molar-refractivity contribution in [3.63, 3.8) is 0 Å². The van der Waals surface area contributed by atoms with Crippen molar-refractivity contribution < 1.29 is 14.3 Å². The Balaban J connectivity index is 1.72. The van der Waals surface area contributed by atoms with Crippen LogP contribution in [0.5, 0.6) is 11.5 Å². The van der Waals surface area contributed by atoms with E-state index in [-0.39, 0.29) is 12.1 Å². The van der Waals surface area contributed by atoms with Crippen molar-refractivity contribution in [2.24, 2.45) is 0 Å². The molecule has 0 radical (unpaired) electrons. The Bertz CT molecular complexity index is 1070. The summed E-state index contributed by atoms with van der Waals surface area (Å²) < 4.78 is 10.7. The first-order valence-electron chi connectivity index (χ1n) is 9.74. The Morgan fingerprint density at radius 2 is 1.73 bits per heavy atom. The van der Waals surface area contributed by atoms with Crippen molar-refractivity contribution >= 4 is 23.3 Å². The normalized spacial score (nSPS) is 15.3. The van der Waals surface area contributed by atoms with Crippen LogP contribution >= 0.6 is 11.6 Å². The SMILES string of the molecule is COc1ccc(OC)c(NC(=O)N2CCc3ccccc3C2c2ccccc2Cl)c1. The molecule has 0 bridgehead atoms.